The molecule has 1 rings (SSSR count). The molecule has 0 saturated heterocycles. The minimum Gasteiger partial charge on any atom is -0.274 e. The van der Waals surface area contributed by atoms with E-state index in [1.807, 2.05) is 12.4 Å². The molecule has 0 fully saturated rings. The fourth-order valence-electron chi connectivity index (χ4n) is 0.494. The minimum atomic E-state index is 0.639. The van der Waals surface area contributed by atoms with Crippen LogP contribution in [0.5, 0.6) is 0 Å². The van der Waals surface area contributed by atoms with Crippen molar-refractivity contribution in [2.75, 3.05) is 6.67 Å². The number of hydrogen-bond acceptors (Lipinski definition) is 2. The Morgan fingerprint density at radius 3 is 2.14 bits per heavy atom. The third kappa shape index (κ3) is 1.48. The summed E-state index contributed by atoms with van der Waals surface area (Å²) in [5.74, 6) is 0. The molecule has 1 heterocycles. The molecule has 2 heteroatoms. The van der Waals surface area contributed by atoms with E-state index in [0.717, 1.165) is 12.8 Å². The predicted octanol–water partition coefficient (Wildman–Crippen LogP) is 0.879. The van der Waals surface area contributed by atoms with Gasteiger partial charge in [-0.25, -0.2) is 0 Å². The lowest BCUT2D eigenvalue weighted by Gasteiger charge is -1.73. The summed E-state index contributed by atoms with van der Waals surface area (Å²) in [4.78, 5) is 7.90. The van der Waals surface area contributed by atoms with Crippen LogP contribution < -0.4 is 0 Å². The maximum Gasteiger partial charge on any atom is 0.128 e. The van der Waals surface area contributed by atoms with Crippen LogP contribution in [0.15, 0.2) is 9.98 Å². The van der Waals surface area contributed by atoms with Crippen LogP contribution in [0.4, 0.5) is 0 Å². The fourth-order valence-corrected chi connectivity index (χ4v) is 0.494. The van der Waals surface area contributed by atoms with Gasteiger partial charge in [0.15, 0.2) is 0 Å². The van der Waals surface area contributed by atoms with Gasteiger partial charge in [0.2, 0.25) is 0 Å². The molecular formula is C5H8N2. The maximum absolute atomic E-state index is 3.95. The number of aliphatic imine (C=N–C) groups is 2. The van der Waals surface area contributed by atoms with Crippen LogP contribution in [0.3, 0.4) is 0 Å². The van der Waals surface area contributed by atoms with E-state index in [1.165, 1.54) is 0 Å². The Labute approximate surface area is 43.0 Å². The fraction of sp³-hybridized carbons (Fsp3) is 0.600. The molecule has 0 aromatic heterocycles. The average Bonchev–Trinajstić information content (AvgIpc) is 1.90. The van der Waals surface area contributed by atoms with E-state index in [0.29, 0.717) is 6.67 Å². The van der Waals surface area contributed by atoms with Crippen molar-refractivity contribution in [1.29, 1.82) is 0 Å². The van der Waals surface area contributed by atoms with E-state index in [9.17, 15) is 0 Å². The lowest BCUT2D eigenvalue weighted by Crippen LogP contribution is -1.71. The Bertz CT molecular complexity index is 82.3. The van der Waals surface area contributed by atoms with Crippen LogP contribution >= 0.6 is 0 Å². The van der Waals surface area contributed by atoms with Crippen molar-refractivity contribution in [3.8, 4) is 0 Å². The van der Waals surface area contributed by atoms with Gasteiger partial charge in [-0.1, -0.05) is 0 Å². The van der Waals surface area contributed by atoms with Crippen molar-refractivity contribution in [2.45, 2.75) is 12.8 Å². The van der Waals surface area contributed by atoms with Crippen LogP contribution in [-0.4, -0.2) is 19.1 Å². The van der Waals surface area contributed by atoms with E-state index in [2.05, 4.69) is 9.98 Å². The predicted molar refractivity (Wildman–Crippen MR) is 31.1 cm³/mol. The molecule has 0 aromatic carbocycles. The van der Waals surface area contributed by atoms with Gasteiger partial charge in [-0.2, -0.15) is 0 Å². The molecule has 0 saturated carbocycles. The van der Waals surface area contributed by atoms with E-state index in [1.54, 1.807) is 0 Å². The first-order valence-corrected chi connectivity index (χ1v) is 2.47. The highest BCUT2D eigenvalue weighted by molar-refractivity contribution is 5.67. The summed E-state index contributed by atoms with van der Waals surface area (Å²) in [6.07, 6.45) is 5.97. The second-order valence-corrected chi connectivity index (χ2v) is 1.45. The van der Waals surface area contributed by atoms with Crippen LogP contribution in [0.25, 0.3) is 0 Å². The molecule has 0 radical (unpaired) electrons. The molecule has 0 aliphatic carbocycles. The highest BCUT2D eigenvalue weighted by Crippen LogP contribution is 1.86. The summed E-state index contributed by atoms with van der Waals surface area (Å²) in [5.41, 5.74) is 0. The van der Waals surface area contributed by atoms with Crippen LogP contribution in [0.1, 0.15) is 12.8 Å². The largest absolute Gasteiger partial charge is 0.274 e. The average molecular weight is 96.1 g/mol. The molecule has 1 aliphatic rings. The standard InChI is InChI=1S/C5H8N2/c1-2-4-7-5-6-3-1/h3-4H,1-2,5H2. The van der Waals surface area contributed by atoms with Crippen LogP contribution in [0, 0.1) is 0 Å². The number of hydrogen-bond donors (Lipinski definition) is 0. The number of nitrogens with zero attached hydrogens (tertiary/aromatic N) is 2. The molecule has 7 heavy (non-hydrogen) atoms. The van der Waals surface area contributed by atoms with Gasteiger partial charge in [-0.15, -0.1) is 0 Å². The summed E-state index contributed by atoms with van der Waals surface area (Å²) in [6.45, 7) is 0.639. The summed E-state index contributed by atoms with van der Waals surface area (Å²) < 4.78 is 0. The van der Waals surface area contributed by atoms with E-state index in [-0.39, 0.29) is 0 Å². The zero-order valence-corrected chi connectivity index (χ0v) is 4.17. The summed E-state index contributed by atoms with van der Waals surface area (Å²) in [7, 11) is 0. The smallest absolute Gasteiger partial charge is 0.128 e. The Morgan fingerprint density at radius 2 is 1.57 bits per heavy atom. The van der Waals surface area contributed by atoms with Crippen molar-refractivity contribution < 1.29 is 0 Å². The highest BCUT2D eigenvalue weighted by Gasteiger charge is 1.80. The zero-order valence-electron chi connectivity index (χ0n) is 4.17. The van der Waals surface area contributed by atoms with Gasteiger partial charge in [-0.3, -0.25) is 9.98 Å². The Kier molecular flexibility index (Phi) is 1.61. The molecule has 38 valence electrons. The van der Waals surface area contributed by atoms with Crippen LogP contribution in [-0.2, 0) is 0 Å². The topological polar surface area (TPSA) is 24.7 Å². The molecule has 0 unspecified atom stereocenters. The van der Waals surface area contributed by atoms with Gasteiger partial charge in [0, 0.05) is 12.4 Å². The molecule has 2 nitrogen and oxygen atoms in total. The molecule has 0 atom stereocenters. The quantitative estimate of drug-likeness (QED) is 0.427. The Balaban J connectivity index is 2.38. The summed E-state index contributed by atoms with van der Waals surface area (Å²) in [6, 6.07) is 0. The first kappa shape index (κ1) is 4.50. The second-order valence-electron chi connectivity index (χ2n) is 1.45. The van der Waals surface area contributed by atoms with Crippen molar-refractivity contribution in [3.63, 3.8) is 0 Å². The van der Waals surface area contributed by atoms with Crippen molar-refractivity contribution in [2.24, 2.45) is 9.98 Å². The van der Waals surface area contributed by atoms with Gasteiger partial charge in [0.05, 0.1) is 0 Å². The maximum atomic E-state index is 3.95. The highest BCUT2D eigenvalue weighted by atomic mass is 14.9. The molecular weight excluding hydrogens is 88.1 g/mol. The molecule has 0 spiro atoms. The lowest BCUT2D eigenvalue weighted by atomic mass is 10.4. The van der Waals surface area contributed by atoms with Crippen LogP contribution in [0.2, 0.25) is 0 Å². The Morgan fingerprint density at radius 1 is 1.00 bits per heavy atom. The van der Waals surface area contributed by atoms with Crippen molar-refractivity contribution >= 4 is 12.4 Å². The third-order valence-electron chi connectivity index (χ3n) is 0.846. The molecule has 0 aromatic rings. The minimum absolute atomic E-state index is 0.639. The SMILES string of the molecule is C1=NCN=CCC1. The monoisotopic (exact) mass is 96.1 g/mol. The summed E-state index contributed by atoms with van der Waals surface area (Å²) >= 11 is 0. The number of rotatable bonds is 0. The van der Waals surface area contributed by atoms with Gasteiger partial charge in [0.1, 0.15) is 6.67 Å². The lowest BCUT2D eigenvalue weighted by molar-refractivity contribution is 1.09. The van der Waals surface area contributed by atoms with E-state index in [4.69, 9.17) is 0 Å². The first-order chi connectivity index (χ1) is 3.50. The second kappa shape index (κ2) is 2.50. The zero-order chi connectivity index (χ0) is 4.95. The molecule has 0 N–H and O–H groups in total. The first-order valence-electron chi connectivity index (χ1n) is 2.47. The Hall–Kier alpha value is -0.660. The third-order valence-corrected chi connectivity index (χ3v) is 0.846. The molecule has 0 bridgehead atoms. The normalized spacial score (nSPS) is 19.4. The van der Waals surface area contributed by atoms with Gasteiger partial charge in [0.25, 0.3) is 0 Å². The van der Waals surface area contributed by atoms with Crippen molar-refractivity contribution in [1.82, 2.24) is 0 Å². The van der Waals surface area contributed by atoms with Gasteiger partial charge < -0.3 is 0 Å². The van der Waals surface area contributed by atoms with Gasteiger partial charge in [-0.05, 0) is 12.8 Å². The molecule has 1 aliphatic heterocycles. The van der Waals surface area contributed by atoms with Gasteiger partial charge >= 0.3 is 0 Å². The van der Waals surface area contributed by atoms with E-state index < -0.39 is 0 Å². The summed E-state index contributed by atoms with van der Waals surface area (Å²) in [5, 5.41) is 0. The van der Waals surface area contributed by atoms with E-state index >= 15 is 0 Å². The van der Waals surface area contributed by atoms with Crippen molar-refractivity contribution in [3.05, 3.63) is 0 Å². The molecule has 0 amide bonds.